The molecule has 0 saturated heterocycles. The van der Waals surface area contributed by atoms with Crippen molar-refractivity contribution in [3.05, 3.63) is 46.0 Å². The topological polar surface area (TPSA) is 85.1 Å². The Labute approximate surface area is 170 Å². The number of hydrogen-bond acceptors (Lipinski definition) is 5. The van der Waals surface area contributed by atoms with Crippen LogP contribution >= 0.6 is 11.3 Å². The van der Waals surface area contributed by atoms with Crippen LogP contribution in [0.3, 0.4) is 0 Å². The highest BCUT2D eigenvalue weighted by Gasteiger charge is 2.48. The predicted molar refractivity (Wildman–Crippen MR) is 95.4 cm³/mol. The molecular formula is C18H15F6N3O2S. The van der Waals surface area contributed by atoms with Gasteiger partial charge in [0.05, 0.1) is 22.2 Å². The van der Waals surface area contributed by atoms with Crippen LogP contribution in [0.4, 0.5) is 31.5 Å². The van der Waals surface area contributed by atoms with Gasteiger partial charge in [0.1, 0.15) is 5.78 Å². The molecule has 2 aromatic rings. The lowest BCUT2D eigenvalue weighted by molar-refractivity contribution is -0.143. The molecule has 162 valence electrons. The highest BCUT2D eigenvalue weighted by Crippen LogP contribution is 2.41. The van der Waals surface area contributed by atoms with E-state index in [1.807, 2.05) is 0 Å². The van der Waals surface area contributed by atoms with Crippen molar-refractivity contribution >= 4 is 28.2 Å². The summed E-state index contributed by atoms with van der Waals surface area (Å²) in [6.07, 6.45) is -9.92. The third-order valence-electron chi connectivity index (χ3n) is 4.88. The van der Waals surface area contributed by atoms with E-state index < -0.39 is 41.3 Å². The first kappa shape index (κ1) is 22.1. The van der Waals surface area contributed by atoms with E-state index in [2.05, 4.69) is 10.3 Å². The molecule has 1 unspecified atom stereocenters. The zero-order valence-corrected chi connectivity index (χ0v) is 16.0. The van der Waals surface area contributed by atoms with Crippen molar-refractivity contribution in [3.8, 4) is 0 Å². The Kier molecular flexibility index (Phi) is 5.56. The van der Waals surface area contributed by atoms with E-state index in [4.69, 9.17) is 5.73 Å². The van der Waals surface area contributed by atoms with Gasteiger partial charge in [-0.05, 0) is 30.2 Å². The smallest absolute Gasteiger partial charge is 0.375 e. The second-order valence-electron chi connectivity index (χ2n) is 6.97. The standard InChI is InChI=1S/C18H15F6N3O2S/c19-17(20,21)10-3-9(4-11(5-10)18(22,23)24)7-26-14(29)16(2-1-12(28)6-16)13-8-30-15(25)27-13/h3-5,8H,1-2,6-7H2,(H2,25,27)(H,26,29). The number of Topliss-reactive ketones (excluding diaryl/α,β-unsaturated/α-hetero) is 1. The van der Waals surface area contributed by atoms with E-state index >= 15 is 0 Å². The summed E-state index contributed by atoms with van der Waals surface area (Å²) in [6.45, 7) is -0.582. The van der Waals surface area contributed by atoms with E-state index in [-0.39, 0.29) is 47.5 Å². The molecule has 0 spiro atoms. The third-order valence-corrected chi connectivity index (χ3v) is 5.55. The molecule has 5 nitrogen and oxygen atoms in total. The van der Waals surface area contributed by atoms with Crippen molar-refractivity contribution in [2.75, 3.05) is 5.73 Å². The minimum atomic E-state index is -4.99. The highest BCUT2D eigenvalue weighted by atomic mass is 32.1. The molecule has 12 heteroatoms. The molecule has 1 aromatic heterocycles. The minimum Gasteiger partial charge on any atom is -0.375 e. The molecule has 3 rings (SSSR count). The molecule has 3 N–H and O–H groups in total. The van der Waals surface area contributed by atoms with Crippen molar-refractivity contribution in [3.63, 3.8) is 0 Å². The number of ketones is 1. The Morgan fingerprint density at radius 2 is 1.73 bits per heavy atom. The van der Waals surface area contributed by atoms with Gasteiger partial charge in [-0.25, -0.2) is 4.98 Å². The van der Waals surface area contributed by atoms with Gasteiger partial charge in [-0.2, -0.15) is 26.3 Å². The van der Waals surface area contributed by atoms with Crippen LogP contribution < -0.4 is 11.1 Å². The number of anilines is 1. The lowest BCUT2D eigenvalue weighted by atomic mass is 9.82. The first-order valence-corrected chi connectivity index (χ1v) is 9.49. The largest absolute Gasteiger partial charge is 0.416 e. The Hall–Kier alpha value is -2.63. The molecule has 1 aliphatic carbocycles. The molecule has 30 heavy (non-hydrogen) atoms. The van der Waals surface area contributed by atoms with Crippen LogP contribution in [0.1, 0.15) is 41.6 Å². The van der Waals surface area contributed by atoms with Gasteiger partial charge in [-0.3, -0.25) is 9.59 Å². The number of thiazole rings is 1. The first-order chi connectivity index (χ1) is 13.8. The SMILES string of the molecule is Nc1nc(C2(C(=O)NCc3cc(C(F)(F)F)cc(C(F)(F)F)c3)CCC(=O)C2)cs1. The molecule has 1 fully saturated rings. The van der Waals surface area contributed by atoms with Crippen LogP contribution in [-0.4, -0.2) is 16.7 Å². The summed E-state index contributed by atoms with van der Waals surface area (Å²) < 4.78 is 78.0. The van der Waals surface area contributed by atoms with Gasteiger partial charge in [0.2, 0.25) is 5.91 Å². The lowest BCUT2D eigenvalue weighted by Crippen LogP contribution is -2.43. The average Bonchev–Trinajstić information content (AvgIpc) is 3.24. The number of alkyl halides is 6. The van der Waals surface area contributed by atoms with Gasteiger partial charge in [0.15, 0.2) is 5.13 Å². The Morgan fingerprint density at radius 3 is 2.17 bits per heavy atom. The second kappa shape index (κ2) is 7.56. The maximum atomic E-state index is 13.0. The zero-order chi connectivity index (χ0) is 22.3. The number of nitrogens with zero attached hydrogens (tertiary/aromatic N) is 1. The van der Waals surface area contributed by atoms with Crippen LogP contribution in [0.5, 0.6) is 0 Å². The normalized spacial score (nSPS) is 19.9. The first-order valence-electron chi connectivity index (χ1n) is 8.61. The summed E-state index contributed by atoms with van der Waals surface area (Å²) >= 11 is 1.06. The van der Waals surface area contributed by atoms with Gasteiger partial charge in [0.25, 0.3) is 0 Å². The van der Waals surface area contributed by atoms with Crippen molar-refractivity contribution in [2.24, 2.45) is 0 Å². The molecule has 0 radical (unpaired) electrons. The van der Waals surface area contributed by atoms with E-state index in [0.717, 1.165) is 11.3 Å². The predicted octanol–water partition coefficient (Wildman–Crippen LogP) is 4.07. The van der Waals surface area contributed by atoms with Gasteiger partial charge in [0, 0.05) is 24.8 Å². The van der Waals surface area contributed by atoms with E-state index in [1.54, 1.807) is 0 Å². The van der Waals surface area contributed by atoms with Gasteiger partial charge in [-0.1, -0.05) is 0 Å². The zero-order valence-electron chi connectivity index (χ0n) is 15.2. The molecule has 0 bridgehead atoms. The van der Waals surface area contributed by atoms with E-state index in [9.17, 15) is 35.9 Å². The van der Waals surface area contributed by atoms with Gasteiger partial charge < -0.3 is 11.1 Å². The number of rotatable bonds is 4. The number of aromatic nitrogens is 1. The Morgan fingerprint density at radius 1 is 1.13 bits per heavy atom. The summed E-state index contributed by atoms with van der Waals surface area (Å²) in [6, 6.07) is 1.10. The van der Waals surface area contributed by atoms with Crippen LogP contribution in [0.25, 0.3) is 0 Å². The summed E-state index contributed by atoms with van der Waals surface area (Å²) in [5.41, 5.74) is 1.19. The van der Waals surface area contributed by atoms with Crippen LogP contribution in [-0.2, 0) is 33.9 Å². The molecule has 1 atom stereocenters. The van der Waals surface area contributed by atoms with E-state index in [1.165, 1.54) is 5.38 Å². The summed E-state index contributed by atoms with van der Waals surface area (Å²) in [7, 11) is 0. The number of halogens is 6. The number of nitrogen functional groups attached to an aromatic ring is 1. The van der Waals surface area contributed by atoms with Crippen molar-refractivity contribution < 1.29 is 35.9 Å². The summed E-state index contributed by atoms with van der Waals surface area (Å²) in [4.78, 5) is 28.8. The monoisotopic (exact) mass is 451 g/mol. The maximum absolute atomic E-state index is 13.0. The third kappa shape index (κ3) is 4.42. The quantitative estimate of drug-likeness (QED) is 0.687. The fourth-order valence-electron chi connectivity index (χ4n) is 3.38. The molecule has 1 aromatic carbocycles. The number of hydrogen-bond donors (Lipinski definition) is 2. The minimum absolute atomic E-state index is 0.0144. The molecular weight excluding hydrogens is 436 g/mol. The van der Waals surface area contributed by atoms with Crippen molar-refractivity contribution in [1.82, 2.24) is 10.3 Å². The average molecular weight is 451 g/mol. The second-order valence-corrected chi connectivity index (χ2v) is 7.86. The van der Waals surface area contributed by atoms with Gasteiger partial charge >= 0.3 is 12.4 Å². The van der Waals surface area contributed by atoms with Crippen molar-refractivity contribution in [1.29, 1.82) is 0 Å². The lowest BCUT2D eigenvalue weighted by Gasteiger charge is -2.25. The number of nitrogens with two attached hydrogens (primary N) is 1. The molecule has 1 saturated carbocycles. The molecule has 1 amide bonds. The summed E-state index contributed by atoms with van der Waals surface area (Å²) in [5, 5.41) is 4.05. The van der Waals surface area contributed by atoms with E-state index in [0.29, 0.717) is 12.1 Å². The summed E-state index contributed by atoms with van der Waals surface area (Å²) in [5.74, 6) is -0.903. The molecule has 1 heterocycles. The fraction of sp³-hybridized carbons (Fsp3) is 0.389. The Bertz CT molecular complexity index is 953. The number of carbonyl (C=O) groups excluding carboxylic acids is 2. The number of benzene rings is 1. The van der Waals surface area contributed by atoms with Crippen LogP contribution in [0.2, 0.25) is 0 Å². The highest BCUT2D eigenvalue weighted by molar-refractivity contribution is 7.13. The maximum Gasteiger partial charge on any atom is 0.416 e. The van der Waals surface area contributed by atoms with Crippen LogP contribution in [0, 0.1) is 0 Å². The Balaban J connectivity index is 1.88. The van der Waals surface area contributed by atoms with Crippen molar-refractivity contribution in [2.45, 2.75) is 43.6 Å². The fourth-order valence-corrected chi connectivity index (χ4v) is 4.04. The van der Waals surface area contributed by atoms with Crippen LogP contribution in [0.15, 0.2) is 23.6 Å². The molecule has 1 aliphatic rings. The number of nitrogens with one attached hydrogen (secondary N) is 1. The van der Waals surface area contributed by atoms with Gasteiger partial charge in [-0.15, -0.1) is 11.3 Å². The number of amides is 1. The number of carbonyl (C=O) groups is 2. The molecule has 0 aliphatic heterocycles.